The van der Waals surface area contributed by atoms with Gasteiger partial charge in [0.25, 0.3) is 0 Å². The number of fused-ring (bicyclic) bond motifs is 2. The van der Waals surface area contributed by atoms with E-state index in [1.165, 1.54) is 16.1 Å². The molecule has 0 saturated carbocycles. The first-order chi connectivity index (χ1) is 11.7. The number of benzene rings is 1. The smallest absolute Gasteiger partial charge is 0.135 e. The molecule has 1 N–H and O–H groups in total. The monoisotopic (exact) mass is 341 g/mol. The third kappa shape index (κ3) is 3.08. The van der Waals surface area contributed by atoms with Gasteiger partial charge < -0.3 is 9.88 Å². The molecule has 3 aromatic rings. The highest BCUT2D eigenvalue weighted by molar-refractivity contribution is 7.18. The Bertz CT molecular complexity index is 802. The minimum absolute atomic E-state index is 0.431. The van der Waals surface area contributed by atoms with Crippen LogP contribution in [0.2, 0.25) is 0 Å². The van der Waals surface area contributed by atoms with Gasteiger partial charge >= 0.3 is 0 Å². The number of aryl methyl sites for hydroxylation is 1. The molecular weight excluding hydrogens is 318 g/mol. The number of rotatable bonds is 5. The van der Waals surface area contributed by atoms with Gasteiger partial charge in [-0.1, -0.05) is 26.0 Å². The van der Waals surface area contributed by atoms with Crippen molar-refractivity contribution in [3.05, 3.63) is 40.9 Å². The second-order valence-corrected chi connectivity index (χ2v) is 7.97. The molecule has 3 heterocycles. The van der Waals surface area contributed by atoms with Gasteiger partial charge in [0.2, 0.25) is 0 Å². The topological polar surface area (TPSA) is 55.6 Å². The van der Waals surface area contributed by atoms with E-state index in [4.69, 9.17) is 4.98 Å². The molecule has 0 radical (unpaired) electrons. The third-order valence-corrected chi connectivity index (χ3v) is 5.67. The van der Waals surface area contributed by atoms with Crippen molar-refractivity contribution >= 4 is 21.6 Å². The highest BCUT2D eigenvalue weighted by Crippen LogP contribution is 2.24. The van der Waals surface area contributed by atoms with E-state index in [1.54, 1.807) is 11.3 Å². The van der Waals surface area contributed by atoms with E-state index in [-0.39, 0.29) is 0 Å². The van der Waals surface area contributed by atoms with Crippen molar-refractivity contribution in [2.45, 2.75) is 45.7 Å². The lowest BCUT2D eigenvalue weighted by Gasteiger charge is -2.25. The Kier molecular flexibility index (Phi) is 4.33. The van der Waals surface area contributed by atoms with Crippen LogP contribution in [0.3, 0.4) is 0 Å². The maximum atomic E-state index is 4.69. The van der Waals surface area contributed by atoms with Gasteiger partial charge in [0.1, 0.15) is 16.7 Å². The first-order valence-electron chi connectivity index (χ1n) is 8.68. The summed E-state index contributed by atoms with van der Waals surface area (Å²) in [5, 5.41) is 13.5. The van der Waals surface area contributed by atoms with Crippen LogP contribution in [-0.2, 0) is 19.5 Å². The first-order valence-corrected chi connectivity index (χ1v) is 9.49. The molecule has 1 atom stereocenters. The van der Waals surface area contributed by atoms with Gasteiger partial charge in [0.05, 0.1) is 10.2 Å². The van der Waals surface area contributed by atoms with Gasteiger partial charge in [-0.25, -0.2) is 4.98 Å². The Morgan fingerprint density at radius 2 is 2.17 bits per heavy atom. The number of hydrogen-bond acceptors (Lipinski definition) is 5. The van der Waals surface area contributed by atoms with E-state index in [9.17, 15) is 0 Å². The van der Waals surface area contributed by atoms with Crippen LogP contribution < -0.4 is 5.32 Å². The fraction of sp³-hybridized carbons (Fsp3) is 0.500. The van der Waals surface area contributed by atoms with Crippen LogP contribution in [0.1, 0.15) is 42.8 Å². The molecule has 126 valence electrons. The molecule has 1 aromatic carbocycles. The van der Waals surface area contributed by atoms with Gasteiger partial charge in [-0.2, -0.15) is 0 Å². The highest BCUT2D eigenvalue weighted by Gasteiger charge is 2.23. The molecule has 0 saturated heterocycles. The second kappa shape index (κ2) is 6.61. The maximum absolute atomic E-state index is 4.69. The Morgan fingerprint density at radius 1 is 1.29 bits per heavy atom. The molecule has 0 unspecified atom stereocenters. The van der Waals surface area contributed by atoms with Gasteiger partial charge in [-0.3, -0.25) is 0 Å². The Labute approximate surface area is 146 Å². The van der Waals surface area contributed by atoms with Crippen molar-refractivity contribution in [1.82, 2.24) is 25.1 Å². The van der Waals surface area contributed by atoms with Crippen LogP contribution in [0.25, 0.3) is 10.2 Å². The summed E-state index contributed by atoms with van der Waals surface area (Å²) in [5.74, 6) is 3.35. The molecule has 0 spiro atoms. The normalized spacial score (nSPS) is 17.5. The number of nitrogens with one attached hydrogen (secondary N) is 1. The van der Waals surface area contributed by atoms with Gasteiger partial charge in [0, 0.05) is 32.0 Å². The molecule has 2 aromatic heterocycles. The number of para-hydroxylation sites is 1. The zero-order valence-corrected chi connectivity index (χ0v) is 15.0. The summed E-state index contributed by atoms with van der Waals surface area (Å²) in [6.07, 6.45) is 2.22. The van der Waals surface area contributed by atoms with Crippen molar-refractivity contribution in [3.8, 4) is 0 Å². The van der Waals surface area contributed by atoms with E-state index in [2.05, 4.69) is 52.1 Å². The average Bonchev–Trinajstić information content (AvgIpc) is 3.17. The van der Waals surface area contributed by atoms with E-state index >= 15 is 0 Å². The van der Waals surface area contributed by atoms with Crippen LogP contribution in [0, 0.1) is 5.92 Å². The molecule has 6 heteroatoms. The minimum Gasteiger partial charge on any atom is -0.314 e. The Balaban J connectivity index is 1.35. The molecular formula is C18H23N5S. The van der Waals surface area contributed by atoms with Crippen molar-refractivity contribution in [2.75, 3.05) is 6.54 Å². The quantitative estimate of drug-likeness (QED) is 0.773. The van der Waals surface area contributed by atoms with Crippen LogP contribution in [0.5, 0.6) is 0 Å². The summed E-state index contributed by atoms with van der Waals surface area (Å²) in [5.41, 5.74) is 1.10. The SMILES string of the molecule is CC(C)c1nnc2n1C[C@H](CNCc1nc3ccccc3s1)CC2. The first kappa shape index (κ1) is 15.7. The van der Waals surface area contributed by atoms with Gasteiger partial charge in [0.15, 0.2) is 0 Å². The fourth-order valence-electron chi connectivity index (χ4n) is 3.39. The lowest BCUT2D eigenvalue weighted by Crippen LogP contribution is -2.30. The molecule has 1 aliphatic heterocycles. The number of nitrogens with zero attached hydrogens (tertiary/aromatic N) is 4. The van der Waals surface area contributed by atoms with Crippen molar-refractivity contribution in [1.29, 1.82) is 0 Å². The molecule has 5 nitrogen and oxygen atoms in total. The van der Waals surface area contributed by atoms with E-state index in [0.717, 1.165) is 43.2 Å². The van der Waals surface area contributed by atoms with Crippen molar-refractivity contribution < 1.29 is 0 Å². The summed E-state index contributed by atoms with van der Waals surface area (Å²) in [7, 11) is 0. The Hall–Kier alpha value is -1.79. The summed E-state index contributed by atoms with van der Waals surface area (Å²) in [6, 6.07) is 8.34. The predicted octanol–water partition coefficient (Wildman–Crippen LogP) is 3.36. The zero-order chi connectivity index (χ0) is 16.5. The lowest BCUT2D eigenvalue weighted by atomic mass is 9.98. The number of hydrogen-bond donors (Lipinski definition) is 1. The minimum atomic E-state index is 0.431. The average molecular weight is 341 g/mol. The fourth-order valence-corrected chi connectivity index (χ4v) is 4.33. The number of aromatic nitrogens is 4. The van der Waals surface area contributed by atoms with Crippen LogP contribution in [0.15, 0.2) is 24.3 Å². The second-order valence-electron chi connectivity index (χ2n) is 6.85. The maximum Gasteiger partial charge on any atom is 0.135 e. The van der Waals surface area contributed by atoms with E-state index in [1.807, 2.05) is 6.07 Å². The number of thiazole rings is 1. The lowest BCUT2D eigenvalue weighted by molar-refractivity contribution is 0.340. The molecule has 0 aliphatic carbocycles. The molecule has 0 fully saturated rings. The molecule has 0 bridgehead atoms. The van der Waals surface area contributed by atoms with E-state index < -0.39 is 0 Å². The van der Waals surface area contributed by atoms with E-state index in [0.29, 0.717) is 11.8 Å². The third-order valence-electron chi connectivity index (χ3n) is 4.64. The van der Waals surface area contributed by atoms with Gasteiger partial charge in [-0.05, 0) is 24.5 Å². The molecule has 0 amide bonds. The van der Waals surface area contributed by atoms with Crippen LogP contribution in [0.4, 0.5) is 0 Å². The summed E-state index contributed by atoms with van der Waals surface area (Å²) in [4.78, 5) is 4.69. The summed E-state index contributed by atoms with van der Waals surface area (Å²) < 4.78 is 3.60. The van der Waals surface area contributed by atoms with Gasteiger partial charge in [-0.15, -0.1) is 21.5 Å². The Morgan fingerprint density at radius 3 is 3.00 bits per heavy atom. The largest absolute Gasteiger partial charge is 0.314 e. The highest BCUT2D eigenvalue weighted by atomic mass is 32.1. The standard InChI is InChI=1S/C18H23N5S/c1-12(2)18-22-21-16-8-7-13(11-23(16)18)9-19-10-17-20-14-5-3-4-6-15(14)24-17/h3-6,12-13,19H,7-11H2,1-2H3/t13-/m0/s1. The predicted molar refractivity (Wildman–Crippen MR) is 97.2 cm³/mol. The molecule has 4 rings (SSSR count). The summed E-state index contributed by atoms with van der Waals surface area (Å²) >= 11 is 1.78. The van der Waals surface area contributed by atoms with Crippen LogP contribution in [-0.4, -0.2) is 26.3 Å². The molecule has 24 heavy (non-hydrogen) atoms. The van der Waals surface area contributed by atoms with Crippen LogP contribution >= 0.6 is 11.3 Å². The van der Waals surface area contributed by atoms with Crippen molar-refractivity contribution in [3.63, 3.8) is 0 Å². The summed E-state index contributed by atoms with van der Waals surface area (Å²) in [6.45, 7) is 7.27. The van der Waals surface area contributed by atoms with Crippen molar-refractivity contribution in [2.24, 2.45) is 5.92 Å². The molecule has 1 aliphatic rings. The zero-order valence-electron chi connectivity index (χ0n) is 14.2.